The molecule has 2 aromatic carbocycles. The summed E-state index contributed by atoms with van der Waals surface area (Å²) in [6.45, 7) is 15.2. The van der Waals surface area contributed by atoms with Crippen molar-refractivity contribution in [3.63, 3.8) is 0 Å². The Balaban J connectivity index is 1.21. The lowest BCUT2D eigenvalue weighted by Crippen LogP contribution is -2.52. The van der Waals surface area contributed by atoms with Crippen LogP contribution in [0.1, 0.15) is 18.4 Å². The first-order valence-electron chi connectivity index (χ1n) is 15.3. The highest BCUT2D eigenvalue weighted by molar-refractivity contribution is 7.65. The van der Waals surface area contributed by atoms with Crippen LogP contribution in [0.5, 0.6) is 5.75 Å². The maximum absolute atomic E-state index is 6.59. The number of piperidine rings is 1. The summed E-state index contributed by atoms with van der Waals surface area (Å²) < 4.78 is 5.86. The number of anilines is 5. The summed E-state index contributed by atoms with van der Waals surface area (Å²) in [5, 5.41) is 8.32. The van der Waals surface area contributed by atoms with E-state index in [4.69, 9.17) is 21.3 Å². The summed E-state index contributed by atoms with van der Waals surface area (Å²) in [7, 11) is 3.40. The van der Waals surface area contributed by atoms with Crippen LogP contribution in [0.2, 0.25) is 5.02 Å². The number of benzene rings is 2. The zero-order valence-corrected chi connectivity index (χ0v) is 28.1. The molecular weight excluding hydrogens is 605 g/mol. The van der Waals surface area contributed by atoms with Crippen LogP contribution in [-0.2, 0) is 0 Å². The van der Waals surface area contributed by atoms with Crippen LogP contribution in [-0.4, -0.2) is 103 Å². The molecule has 236 valence electrons. The molecule has 0 aliphatic carbocycles. The summed E-state index contributed by atoms with van der Waals surface area (Å²) in [4.78, 5) is 25.9. The molecule has 12 heteroatoms. The van der Waals surface area contributed by atoms with Crippen molar-refractivity contribution >= 4 is 70.8 Å². The molecule has 0 radical (unpaired) electrons. The van der Waals surface area contributed by atoms with E-state index >= 15 is 0 Å². The van der Waals surface area contributed by atoms with Crippen LogP contribution < -0.4 is 25.6 Å². The first kappa shape index (κ1) is 31.4. The third-order valence-corrected chi connectivity index (χ3v) is 10.4. The van der Waals surface area contributed by atoms with Gasteiger partial charge in [-0.15, -0.1) is 0 Å². The fourth-order valence-electron chi connectivity index (χ4n) is 6.29. The van der Waals surface area contributed by atoms with Gasteiger partial charge in [-0.3, -0.25) is 14.9 Å². The number of hydrogen-bond acceptors (Lipinski definition) is 10. The van der Waals surface area contributed by atoms with E-state index in [1.54, 1.807) is 25.7 Å². The second-order valence-corrected chi connectivity index (χ2v) is 14.4. The molecule has 0 atom stereocenters. The fourth-order valence-corrected chi connectivity index (χ4v) is 7.63. The molecule has 4 aromatic rings. The van der Waals surface area contributed by atoms with Gasteiger partial charge >= 0.3 is 0 Å². The number of halogens is 1. The number of fused-ring (bicyclic) bond motifs is 1. The molecule has 0 unspecified atom stereocenters. The van der Waals surface area contributed by atoms with Crippen molar-refractivity contribution in [2.75, 3.05) is 82.3 Å². The molecule has 2 saturated heterocycles. The average molecular weight is 646 g/mol. The molecule has 0 saturated carbocycles. The van der Waals surface area contributed by atoms with Crippen molar-refractivity contribution in [3.05, 3.63) is 60.0 Å². The Kier molecular flexibility index (Phi) is 9.66. The summed E-state index contributed by atoms with van der Waals surface area (Å²) >= 11 is 6.59. The van der Waals surface area contributed by atoms with Crippen LogP contribution in [0.25, 0.3) is 17.1 Å². The van der Waals surface area contributed by atoms with Crippen LogP contribution in [0.4, 0.5) is 28.8 Å². The molecule has 4 heterocycles. The predicted octanol–water partition coefficient (Wildman–Crippen LogP) is 5.80. The van der Waals surface area contributed by atoms with Gasteiger partial charge in [0.2, 0.25) is 5.95 Å². The summed E-state index contributed by atoms with van der Waals surface area (Å²) in [6, 6.07) is 8.76. The minimum Gasteiger partial charge on any atom is -0.494 e. The molecule has 2 aliphatic heterocycles. The lowest BCUT2D eigenvalue weighted by Gasteiger charge is -2.43. The molecule has 2 fully saturated rings. The third kappa shape index (κ3) is 6.84. The second kappa shape index (κ2) is 13.8. The molecule has 2 aliphatic rings. The van der Waals surface area contributed by atoms with Gasteiger partial charge in [0.1, 0.15) is 10.8 Å². The standard InChI is InChI=1S/C33H41ClN9OP/c1-6-22-19-27(29(44-3)20-28(22)43-13-9-23(10-14-43)42-17-15-41(2)16-18-42)39-33-37-21-24(34)32(40-33)38-26-8-7-25-30(31(26)45(4)5)36-12-11-35-25/h6-8,11-12,19-21,23H,1,9-10,13-18H2,2-5H3,(H2,37,38,39,40). The molecule has 45 heavy (non-hydrogen) atoms. The predicted molar refractivity (Wildman–Crippen MR) is 189 cm³/mol. The van der Waals surface area contributed by atoms with Gasteiger partial charge in [-0.05, 0) is 57.0 Å². The molecule has 0 spiro atoms. The topological polar surface area (TPSA) is 94.6 Å². The van der Waals surface area contributed by atoms with E-state index in [0.717, 1.165) is 91.1 Å². The number of likely N-dealkylation sites (N-methyl/N-ethyl adjacent to an activating group) is 1. The zero-order valence-electron chi connectivity index (χ0n) is 26.4. The Morgan fingerprint density at radius 2 is 1.73 bits per heavy atom. The van der Waals surface area contributed by atoms with Gasteiger partial charge in [0, 0.05) is 80.4 Å². The number of methoxy groups -OCH3 is 1. The monoisotopic (exact) mass is 645 g/mol. The Labute approximate surface area is 271 Å². The van der Waals surface area contributed by atoms with E-state index in [2.05, 4.69) is 79.4 Å². The Morgan fingerprint density at radius 1 is 0.978 bits per heavy atom. The van der Waals surface area contributed by atoms with Crippen molar-refractivity contribution in [3.8, 4) is 5.75 Å². The van der Waals surface area contributed by atoms with E-state index in [-0.39, 0.29) is 0 Å². The third-order valence-electron chi connectivity index (χ3n) is 8.73. The van der Waals surface area contributed by atoms with Crippen molar-refractivity contribution in [1.82, 2.24) is 29.7 Å². The molecular formula is C33H41ClN9OP. The van der Waals surface area contributed by atoms with Gasteiger partial charge in [0.25, 0.3) is 0 Å². The molecule has 0 amide bonds. The summed E-state index contributed by atoms with van der Waals surface area (Å²) in [5.41, 5.74) is 5.56. The van der Waals surface area contributed by atoms with Gasteiger partial charge < -0.3 is 25.2 Å². The zero-order chi connectivity index (χ0) is 31.5. The average Bonchev–Trinajstić information content (AvgIpc) is 3.06. The minimum absolute atomic E-state index is 0.397. The lowest BCUT2D eigenvalue weighted by atomic mass is 10.00. The minimum atomic E-state index is -0.500. The quantitative estimate of drug-likeness (QED) is 0.218. The molecule has 0 bridgehead atoms. The van der Waals surface area contributed by atoms with Crippen LogP contribution in [0, 0.1) is 0 Å². The summed E-state index contributed by atoms with van der Waals surface area (Å²) in [6.07, 6.45) is 9.24. The lowest BCUT2D eigenvalue weighted by molar-refractivity contribution is 0.0982. The van der Waals surface area contributed by atoms with Crippen molar-refractivity contribution in [1.29, 1.82) is 0 Å². The molecule has 6 rings (SSSR count). The Bertz CT molecular complexity index is 1670. The number of nitrogens with one attached hydrogen (secondary N) is 2. The van der Waals surface area contributed by atoms with Crippen molar-refractivity contribution < 1.29 is 4.74 Å². The van der Waals surface area contributed by atoms with E-state index in [1.165, 1.54) is 0 Å². The highest BCUT2D eigenvalue weighted by atomic mass is 35.5. The van der Waals surface area contributed by atoms with Crippen LogP contribution in [0.15, 0.2) is 49.4 Å². The first-order valence-corrected chi connectivity index (χ1v) is 18.0. The maximum atomic E-state index is 6.59. The molecule has 10 nitrogen and oxygen atoms in total. The van der Waals surface area contributed by atoms with Crippen molar-refractivity contribution in [2.45, 2.75) is 18.9 Å². The highest BCUT2D eigenvalue weighted by Crippen LogP contribution is 2.38. The van der Waals surface area contributed by atoms with Crippen molar-refractivity contribution in [2.24, 2.45) is 0 Å². The first-order chi connectivity index (χ1) is 21.8. The fraction of sp³-hybridized carbons (Fsp3) is 0.394. The van der Waals surface area contributed by atoms with Gasteiger partial charge in [0.15, 0.2) is 5.82 Å². The number of hydrogen-bond donors (Lipinski definition) is 2. The number of piperazine rings is 1. The van der Waals surface area contributed by atoms with E-state index in [9.17, 15) is 0 Å². The van der Waals surface area contributed by atoms with Crippen LogP contribution >= 0.6 is 19.5 Å². The van der Waals surface area contributed by atoms with Gasteiger partial charge in [0.05, 0.1) is 30.0 Å². The van der Waals surface area contributed by atoms with Crippen LogP contribution in [0.3, 0.4) is 0 Å². The summed E-state index contributed by atoms with van der Waals surface area (Å²) in [5.74, 6) is 1.61. The van der Waals surface area contributed by atoms with Gasteiger partial charge in [-0.2, -0.15) is 4.98 Å². The number of aromatic nitrogens is 4. The smallest absolute Gasteiger partial charge is 0.229 e. The Hall–Kier alpha value is -3.56. The highest BCUT2D eigenvalue weighted by Gasteiger charge is 2.28. The van der Waals surface area contributed by atoms with Gasteiger partial charge in [-0.25, -0.2) is 4.98 Å². The second-order valence-electron chi connectivity index (χ2n) is 11.8. The Morgan fingerprint density at radius 3 is 2.44 bits per heavy atom. The van der Waals surface area contributed by atoms with Gasteiger partial charge in [-0.1, -0.05) is 32.2 Å². The van der Waals surface area contributed by atoms with E-state index < -0.39 is 7.92 Å². The molecule has 2 N–H and O–H groups in total. The number of ether oxygens (including phenoxy) is 1. The number of nitrogens with zero attached hydrogens (tertiary/aromatic N) is 7. The number of rotatable bonds is 9. The van der Waals surface area contributed by atoms with E-state index in [0.29, 0.717) is 28.6 Å². The largest absolute Gasteiger partial charge is 0.494 e. The SMILES string of the molecule is C=Cc1cc(Nc2ncc(Cl)c(Nc3ccc4nccnc4c3P(C)C)n2)c(OC)cc1N1CCC(N2CCN(C)CC2)CC1. The van der Waals surface area contributed by atoms with E-state index in [1.807, 2.05) is 18.2 Å². The maximum Gasteiger partial charge on any atom is 0.229 e. The molecule has 2 aromatic heterocycles. The normalized spacial score (nSPS) is 16.7.